The highest BCUT2D eigenvalue weighted by molar-refractivity contribution is 5.96. The molecule has 20 heavy (non-hydrogen) atoms. The Morgan fingerprint density at radius 3 is 2.70 bits per heavy atom. The minimum Gasteiger partial charge on any atom is -0.449 e. The molecule has 0 fully saturated rings. The number of allylic oxidation sites excluding steroid dienone is 1. The lowest BCUT2D eigenvalue weighted by Crippen LogP contribution is -2.29. The monoisotopic (exact) mass is 283 g/mol. The quantitative estimate of drug-likeness (QED) is 0.668. The minimum absolute atomic E-state index is 0.177. The molecular weight excluding hydrogens is 268 g/mol. The lowest BCUT2D eigenvalue weighted by Gasteiger charge is -2.12. The smallest absolute Gasteiger partial charge is 0.331 e. The van der Waals surface area contributed by atoms with E-state index in [1.807, 2.05) is 6.92 Å². The second-order valence-electron chi connectivity index (χ2n) is 4.00. The van der Waals surface area contributed by atoms with Gasteiger partial charge in [-0.05, 0) is 25.5 Å². The van der Waals surface area contributed by atoms with E-state index in [0.29, 0.717) is 12.5 Å². The van der Waals surface area contributed by atoms with E-state index in [1.54, 1.807) is 6.08 Å². The van der Waals surface area contributed by atoms with Crippen molar-refractivity contribution >= 4 is 17.6 Å². The normalized spacial score (nSPS) is 12.2. The molecule has 108 valence electrons. The van der Waals surface area contributed by atoms with Crippen molar-refractivity contribution in [3.05, 3.63) is 42.0 Å². The van der Waals surface area contributed by atoms with Crippen LogP contribution < -0.4 is 5.32 Å². The maximum atomic E-state index is 13.3. The zero-order chi connectivity index (χ0) is 15.1. The highest BCUT2D eigenvalue weighted by Gasteiger charge is 2.18. The highest BCUT2D eigenvalue weighted by Crippen LogP contribution is 2.15. The molecule has 0 aliphatic carbocycles. The predicted molar refractivity (Wildman–Crippen MR) is 70.0 cm³/mol. The van der Waals surface area contributed by atoms with Crippen molar-refractivity contribution in [3.63, 3.8) is 0 Å². The molecule has 0 bridgehead atoms. The molecule has 1 amide bonds. The second-order valence-corrected chi connectivity index (χ2v) is 4.00. The van der Waals surface area contributed by atoms with E-state index >= 15 is 0 Å². The van der Waals surface area contributed by atoms with Crippen LogP contribution in [-0.2, 0) is 14.3 Å². The van der Waals surface area contributed by atoms with Gasteiger partial charge < -0.3 is 10.1 Å². The number of halogens is 2. The molecule has 1 atom stereocenters. The number of nitrogens with one attached hydrogen (secondary N) is 1. The van der Waals surface area contributed by atoms with E-state index in [4.69, 9.17) is 4.74 Å². The first-order valence-electron chi connectivity index (χ1n) is 6.07. The first kappa shape index (κ1) is 15.8. The van der Waals surface area contributed by atoms with Gasteiger partial charge >= 0.3 is 5.97 Å². The Labute approximate surface area is 115 Å². The molecule has 1 rings (SSSR count). The Bertz CT molecular complexity index is 529. The van der Waals surface area contributed by atoms with Gasteiger partial charge in [0.2, 0.25) is 0 Å². The van der Waals surface area contributed by atoms with Gasteiger partial charge in [0, 0.05) is 12.1 Å². The van der Waals surface area contributed by atoms with Crippen LogP contribution in [0.5, 0.6) is 0 Å². The van der Waals surface area contributed by atoms with E-state index in [9.17, 15) is 18.4 Å². The third kappa shape index (κ3) is 4.79. The fraction of sp³-hybridized carbons (Fsp3) is 0.286. The Morgan fingerprint density at radius 2 is 2.10 bits per heavy atom. The van der Waals surface area contributed by atoms with Crippen molar-refractivity contribution in [1.82, 2.24) is 0 Å². The summed E-state index contributed by atoms with van der Waals surface area (Å²) < 4.78 is 30.8. The van der Waals surface area contributed by atoms with Crippen LogP contribution in [0.25, 0.3) is 0 Å². The van der Waals surface area contributed by atoms with Gasteiger partial charge in [0.1, 0.15) is 11.6 Å². The molecule has 0 heterocycles. The molecule has 0 unspecified atom stereocenters. The molecule has 0 aromatic heterocycles. The lowest BCUT2D eigenvalue weighted by molar-refractivity contribution is -0.148. The fourth-order valence-electron chi connectivity index (χ4n) is 1.31. The van der Waals surface area contributed by atoms with E-state index in [0.717, 1.165) is 12.1 Å². The van der Waals surface area contributed by atoms with E-state index in [1.165, 1.54) is 13.0 Å². The molecular formula is C14H15F2NO3. The minimum atomic E-state index is -1.09. The summed E-state index contributed by atoms with van der Waals surface area (Å²) in [6, 6.07) is 2.75. The molecule has 6 heteroatoms. The Morgan fingerprint density at radius 1 is 1.40 bits per heavy atom. The maximum Gasteiger partial charge on any atom is 0.331 e. The molecule has 0 spiro atoms. The third-order valence-corrected chi connectivity index (χ3v) is 2.34. The van der Waals surface area contributed by atoms with Gasteiger partial charge in [0.15, 0.2) is 6.10 Å². The van der Waals surface area contributed by atoms with Crippen LogP contribution in [0.15, 0.2) is 30.4 Å². The molecule has 1 N–H and O–H groups in total. The number of amides is 1. The van der Waals surface area contributed by atoms with Crippen molar-refractivity contribution < 1.29 is 23.1 Å². The number of benzene rings is 1. The van der Waals surface area contributed by atoms with Crippen LogP contribution in [0.3, 0.4) is 0 Å². The van der Waals surface area contributed by atoms with Crippen molar-refractivity contribution in [2.75, 3.05) is 5.32 Å². The first-order chi connectivity index (χ1) is 9.43. The van der Waals surface area contributed by atoms with Gasteiger partial charge in [-0.25, -0.2) is 13.6 Å². The van der Waals surface area contributed by atoms with Gasteiger partial charge in [0.25, 0.3) is 5.91 Å². The van der Waals surface area contributed by atoms with Crippen LogP contribution in [-0.4, -0.2) is 18.0 Å². The van der Waals surface area contributed by atoms with Gasteiger partial charge in [0.05, 0.1) is 5.69 Å². The van der Waals surface area contributed by atoms with Gasteiger partial charge in [-0.3, -0.25) is 4.79 Å². The Hall–Kier alpha value is -2.24. The summed E-state index contributed by atoms with van der Waals surface area (Å²) in [6.07, 6.45) is 2.37. The SMILES string of the molecule is CC/C=C/C(=O)O[C@@H](C)C(=O)Nc1ccc(F)cc1F. The number of carbonyl (C=O) groups excluding carboxylic acids is 2. The number of esters is 1. The summed E-state index contributed by atoms with van der Waals surface area (Å²) in [5.74, 6) is -3.00. The number of hydrogen-bond donors (Lipinski definition) is 1. The Kier molecular flexibility index (Phi) is 5.83. The zero-order valence-electron chi connectivity index (χ0n) is 11.2. The number of hydrogen-bond acceptors (Lipinski definition) is 3. The molecule has 0 aliphatic heterocycles. The second kappa shape index (κ2) is 7.37. The zero-order valence-corrected chi connectivity index (χ0v) is 11.2. The van der Waals surface area contributed by atoms with Crippen molar-refractivity contribution in [1.29, 1.82) is 0 Å². The van der Waals surface area contributed by atoms with Crippen LogP contribution in [0.2, 0.25) is 0 Å². The summed E-state index contributed by atoms with van der Waals surface area (Å²) in [4.78, 5) is 23.0. The summed E-state index contributed by atoms with van der Waals surface area (Å²) in [7, 11) is 0. The van der Waals surface area contributed by atoms with Crippen molar-refractivity contribution in [3.8, 4) is 0 Å². The number of anilines is 1. The predicted octanol–water partition coefficient (Wildman–Crippen LogP) is 2.80. The van der Waals surface area contributed by atoms with Gasteiger partial charge in [-0.1, -0.05) is 13.0 Å². The topological polar surface area (TPSA) is 55.4 Å². The van der Waals surface area contributed by atoms with E-state index < -0.39 is 29.6 Å². The molecule has 1 aromatic carbocycles. The average molecular weight is 283 g/mol. The summed E-state index contributed by atoms with van der Waals surface area (Å²) in [5, 5.41) is 2.22. The molecule has 4 nitrogen and oxygen atoms in total. The largest absolute Gasteiger partial charge is 0.449 e. The van der Waals surface area contributed by atoms with Crippen molar-refractivity contribution in [2.24, 2.45) is 0 Å². The highest BCUT2D eigenvalue weighted by atomic mass is 19.1. The van der Waals surface area contributed by atoms with Crippen LogP contribution in [0.4, 0.5) is 14.5 Å². The summed E-state index contributed by atoms with van der Waals surface area (Å²) in [6.45, 7) is 3.20. The first-order valence-corrected chi connectivity index (χ1v) is 6.07. The average Bonchev–Trinajstić information content (AvgIpc) is 2.39. The van der Waals surface area contributed by atoms with E-state index in [-0.39, 0.29) is 5.69 Å². The van der Waals surface area contributed by atoms with Crippen LogP contribution in [0.1, 0.15) is 20.3 Å². The summed E-state index contributed by atoms with van der Waals surface area (Å²) >= 11 is 0. The number of rotatable bonds is 5. The molecule has 0 saturated heterocycles. The van der Waals surface area contributed by atoms with Crippen molar-refractivity contribution in [2.45, 2.75) is 26.4 Å². The number of carbonyl (C=O) groups is 2. The summed E-state index contributed by atoms with van der Waals surface area (Å²) in [5.41, 5.74) is -0.177. The van der Waals surface area contributed by atoms with Gasteiger partial charge in [-0.15, -0.1) is 0 Å². The van der Waals surface area contributed by atoms with Crippen LogP contribution >= 0.6 is 0 Å². The fourth-order valence-corrected chi connectivity index (χ4v) is 1.31. The number of ether oxygens (including phenoxy) is 1. The maximum absolute atomic E-state index is 13.3. The Balaban J connectivity index is 2.61. The molecule has 0 saturated carbocycles. The van der Waals surface area contributed by atoms with Crippen LogP contribution in [0, 0.1) is 11.6 Å². The lowest BCUT2D eigenvalue weighted by atomic mass is 10.2. The van der Waals surface area contributed by atoms with E-state index in [2.05, 4.69) is 5.32 Å². The third-order valence-electron chi connectivity index (χ3n) is 2.34. The molecule has 0 aliphatic rings. The van der Waals surface area contributed by atoms with Gasteiger partial charge in [-0.2, -0.15) is 0 Å². The molecule has 0 radical (unpaired) electrons. The molecule has 1 aromatic rings. The standard InChI is InChI=1S/C14H15F2NO3/c1-3-4-5-13(18)20-9(2)14(19)17-12-7-6-10(15)8-11(12)16/h4-9H,3H2,1-2H3,(H,17,19)/b5-4+/t9-/m0/s1.